The SMILES string of the molecule is CCCc1cc(N2CCC(NC[C@@H](O)c3ccccc3)CC2)nc2c1C1N=CN=C(N)C1S2. The number of hydrogen-bond donors (Lipinski definition) is 3. The molecule has 7 nitrogen and oxygen atoms in total. The molecule has 4 N–H and O–H groups in total. The topological polar surface area (TPSA) is 99.1 Å². The first-order valence-corrected chi connectivity index (χ1v) is 12.8. The van der Waals surface area contributed by atoms with Crippen LogP contribution in [0.15, 0.2) is 51.4 Å². The van der Waals surface area contributed by atoms with Crippen LogP contribution in [0.1, 0.15) is 55.0 Å². The highest BCUT2D eigenvalue weighted by Crippen LogP contribution is 2.48. The molecule has 3 aliphatic rings. The quantitative estimate of drug-likeness (QED) is 0.582. The Balaban J connectivity index is 1.24. The zero-order valence-corrected chi connectivity index (χ0v) is 19.8. The van der Waals surface area contributed by atoms with E-state index in [1.54, 1.807) is 18.1 Å². The molecule has 33 heavy (non-hydrogen) atoms. The second kappa shape index (κ2) is 9.83. The number of piperidine rings is 1. The number of fused-ring (bicyclic) bond motifs is 3. The number of anilines is 1. The van der Waals surface area contributed by atoms with Crippen molar-refractivity contribution in [2.75, 3.05) is 24.5 Å². The fraction of sp³-hybridized carbons (Fsp3) is 0.480. The van der Waals surface area contributed by atoms with Gasteiger partial charge in [-0.05, 0) is 36.5 Å². The zero-order valence-electron chi connectivity index (χ0n) is 19.0. The number of aryl methyl sites for hydroxylation is 1. The summed E-state index contributed by atoms with van der Waals surface area (Å²) in [5.74, 6) is 1.71. The first-order chi connectivity index (χ1) is 16.1. The van der Waals surface area contributed by atoms with Crippen LogP contribution >= 0.6 is 11.8 Å². The van der Waals surface area contributed by atoms with E-state index in [1.165, 1.54) is 11.1 Å². The number of nitrogens with two attached hydrogens (primary N) is 1. The van der Waals surface area contributed by atoms with Gasteiger partial charge < -0.3 is 21.1 Å². The summed E-state index contributed by atoms with van der Waals surface area (Å²) in [4.78, 5) is 16.3. The maximum absolute atomic E-state index is 10.4. The molecule has 3 atom stereocenters. The number of aliphatic hydroxyl groups excluding tert-OH is 1. The van der Waals surface area contributed by atoms with Crippen molar-refractivity contribution in [3.8, 4) is 0 Å². The predicted molar refractivity (Wildman–Crippen MR) is 135 cm³/mol. The second-order valence-corrected chi connectivity index (χ2v) is 10.1. The number of aliphatic hydroxyl groups is 1. The number of nitrogens with zero attached hydrogens (tertiary/aromatic N) is 4. The highest BCUT2D eigenvalue weighted by molar-refractivity contribution is 8.01. The zero-order chi connectivity index (χ0) is 22.8. The number of pyridine rings is 1. The molecule has 4 heterocycles. The van der Waals surface area contributed by atoms with Crippen molar-refractivity contribution >= 4 is 29.8 Å². The second-order valence-electron chi connectivity index (χ2n) is 9.01. The van der Waals surface area contributed by atoms with Crippen molar-refractivity contribution in [2.45, 2.75) is 61.1 Å². The summed E-state index contributed by atoms with van der Waals surface area (Å²) in [6.07, 6.45) is 5.29. The first-order valence-electron chi connectivity index (χ1n) is 11.9. The van der Waals surface area contributed by atoms with Gasteiger partial charge in [-0.2, -0.15) is 0 Å². The van der Waals surface area contributed by atoms with Crippen molar-refractivity contribution < 1.29 is 5.11 Å². The van der Waals surface area contributed by atoms with Crippen LogP contribution in [0.3, 0.4) is 0 Å². The lowest BCUT2D eigenvalue weighted by molar-refractivity contribution is 0.167. The minimum absolute atomic E-state index is 0.0385. The highest BCUT2D eigenvalue weighted by atomic mass is 32.2. The molecule has 0 radical (unpaired) electrons. The van der Waals surface area contributed by atoms with E-state index in [9.17, 15) is 5.11 Å². The summed E-state index contributed by atoms with van der Waals surface area (Å²) < 4.78 is 0. The minimum Gasteiger partial charge on any atom is -0.387 e. The normalized spacial score (nSPS) is 23.2. The first kappa shape index (κ1) is 22.4. The summed E-state index contributed by atoms with van der Waals surface area (Å²) in [6.45, 7) is 4.70. The molecular formula is C25H32N6OS. The number of rotatable bonds is 7. The van der Waals surface area contributed by atoms with Crippen molar-refractivity contribution in [3.63, 3.8) is 0 Å². The Hall–Kier alpha value is -2.42. The number of thioether (sulfide) groups is 1. The Bertz CT molecular complexity index is 1030. The van der Waals surface area contributed by atoms with E-state index in [0.717, 1.165) is 55.2 Å². The van der Waals surface area contributed by atoms with Crippen LogP contribution in [0.2, 0.25) is 0 Å². The molecular weight excluding hydrogens is 432 g/mol. The van der Waals surface area contributed by atoms with E-state index in [2.05, 4.69) is 33.2 Å². The summed E-state index contributed by atoms with van der Waals surface area (Å²) >= 11 is 1.71. The van der Waals surface area contributed by atoms with E-state index in [0.29, 0.717) is 18.4 Å². The van der Waals surface area contributed by atoms with Gasteiger partial charge in [-0.1, -0.05) is 55.4 Å². The van der Waals surface area contributed by atoms with Crippen LogP contribution in [-0.2, 0) is 6.42 Å². The largest absolute Gasteiger partial charge is 0.387 e. The van der Waals surface area contributed by atoms with Gasteiger partial charge in [0.25, 0.3) is 0 Å². The van der Waals surface area contributed by atoms with Gasteiger partial charge in [0.2, 0.25) is 0 Å². The third kappa shape index (κ3) is 4.65. The van der Waals surface area contributed by atoms with Crippen LogP contribution in [-0.4, -0.2) is 53.2 Å². The number of aromatic nitrogens is 1. The lowest BCUT2D eigenvalue weighted by Crippen LogP contribution is -2.44. The molecule has 2 unspecified atom stereocenters. The molecule has 3 aliphatic heterocycles. The molecule has 0 aliphatic carbocycles. The third-order valence-electron chi connectivity index (χ3n) is 6.77. The lowest BCUT2D eigenvalue weighted by atomic mass is 9.96. The molecule has 1 fully saturated rings. The molecule has 1 aromatic heterocycles. The number of amidine groups is 1. The van der Waals surface area contributed by atoms with Gasteiger partial charge in [-0.15, -0.1) is 0 Å². The summed E-state index contributed by atoms with van der Waals surface area (Å²) in [7, 11) is 0. The molecule has 2 aromatic rings. The maximum atomic E-state index is 10.4. The molecule has 174 valence electrons. The number of aliphatic imine (C=N–C) groups is 2. The molecule has 1 saturated heterocycles. The number of hydrogen-bond acceptors (Lipinski definition) is 8. The Morgan fingerprint density at radius 2 is 2.03 bits per heavy atom. The van der Waals surface area contributed by atoms with Crippen molar-refractivity contribution in [1.82, 2.24) is 10.3 Å². The third-order valence-corrected chi connectivity index (χ3v) is 8.05. The van der Waals surface area contributed by atoms with Gasteiger partial charge in [0, 0.05) is 31.2 Å². The Kier molecular flexibility index (Phi) is 6.66. The Morgan fingerprint density at radius 3 is 2.79 bits per heavy atom. The molecule has 0 spiro atoms. The highest BCUT2D eigenvalue weighted by Gasteiger charge is 2.40. The smallest absolute Gasteiger partial charge is 0.130 e. The summed E-state index contributed by atoms with van der Waals surface area (Å²) in [5.41, 5.74) is 9.73. The predicted octanol–water partition coefficient (Wildman–Crippen LogP) is 3.24. The molecule has 5 rings (SSSR count). The van der Waals surface area contributed by atoms with Crippen molar-refractivity contribution in [1.29, 1.82) is 0 Å². The van der Waals surface area contributed by atoms with E-state index >= 15 is 0 Å². The molecule has 0 amide bonds. The van der Waals surface area contributed by atoms with Crippen LogP contribution in [0.25, 0.3) is 0 Å². The van der Waals surface area contributed by atoms with Crippen LogP contribution in [0.5, 0.6) is 0 Å². The molecule has 0 bridgehead atoms. The van der Waals surface area contributed by atoms with E-state index < -0.39 is 6.10 Å². The van der Waals surface area contributed by atoms with Gasteiger partial charge >= 0.3 is 0 Å². The summed E-state index contributed by atoms with van der Waals surface area (Å²) in [6, 6.07) is 12.6. The van der Waals surface area contributed by atoms with Gasteiger partial charge in [-0.25, -0.2) is 9.98 Å². The van der Waals surface area contributed by atoms with Crippen molar-refractivity contribution in [3.05, 3.63) is 53.1 Å². The Labute approximate surface area is 199 Å². The number of nitrogens with one attached hydrogen (secondary N) is 1. The number of benzene rings is 1. The van der Waals surface area contributed by atoms with E-state index in [4.69, 9.17) is 10.7 Å². The standard InChI is InChI=1S/C25H32N6OS/c1-2-6-17-13-20(30-25-21(17)22-23(33-25)24(26)29-15-28-22)31-11-9-18(10-12-31)27-14-19(32)16-7-4-3-5-8-16/h3-5,7-8,13,15,18-19,22-23,27,32H,2,6,9-12,14H2,1H3,(H2,26,28,29)/t19-,22?,23?/m1/s1. The minimum atomic E-state index is -0.474. The Morgan fingerprint density at radius 1 is 1.24 bits per heavy atom. The van der Waals surface area contributed by atoms with Crippen molar-refractivity contribution in [2.24, 2.45) is 15.7 Å². The molecule has 8 heteroatoms. The fourth-order valence-electron chi connectivity index (χ4n) is 4.95. The maximum Gasteiger partial charge on any atom is 0.130 e. The monoisotopic (exact) mass is 464 g/mol. The van der Waals surface area contributed by atoms with Gasteiger partial charge in [0.15, 0.2) is 0 Å². The van der Waals surface area contributed by atoms with Gasteiger partial charge in [0.1, 0.15) is 23.0 Å². The average molecular weight is 465 g/mol. The van der Waals surface area contributed by atoms with Crippen LogP contribution in [0.4, 0.5) is 5.82 Å². The molecule has 1 aromatic carbocycles. The summed E-state index contributed by atoms with van der Waals surface area (Å²) in [5, 5.41) is 15.1. The van der Waals surface area contributed by atoms with Crippen LogP contribution < -0.4 is 16.0 Å². The van der Waals surface area contributed by atoms with Gasteiger partial charge in [0.05, 0.1) is 17.4 Å². The molecule has 0 saturated carbocycles. The van der Waals surface area contributed by atoms with E-state index in [-0.39, 0.29) is 11.3 Å². The van der Waals surface area contributed by atoms with Crippen LogP contribution in [0, 0.1) is 0 Å². The van der Waals surface area contributed by atoms with E-state index in [1.807, 2.05) is 30.3 Å². The fourth-order valence-corrected chi connectivity index (χ4v) is 6.23. The average Bonchev–Trinajstić information content (AvgIpc) is 3.24. The lowest BCUT2D eigenvalue weighted by Gasteiger charge is -2.34. The van der Waals surface area contributed by atoms with Gasteiger partial charge in [-0.3, -0.25) is 4.99 Å².